The average molecular weight is 398 g/mol. The highest BCUT2D eigenvalue weighted by atomic mass is 79.9. The van der Waals surface area contributed by atoms with Gasteiger partial charge in [-0.05, 0) is 52.7 Å². The molecule has 0 heterocycles. The van der Waals surface area contributed by atoms with Gasteiger partial charge in [0.2, 0.25) is 0 Å². The molecule has 0 saturated heterocycles. The zero-order chi connectivity index (χ0) is 14.9. The van der Waals surface area contributed by atoms with Crippen LogP contribution in [0, 0.1) is 5.82 Å². The standard InChI is InChI=1S/C14H10BrCl3FN/c1-7(8-2-4-11(19)10(16)6-8)20-12-5-3-9(15)13(17)14(12)18/h2-7,20H,1H3. The third kappa shape index (κ3) is 3.40. The largest absolute Gasteiger partial charge is 0.377 e. The molecule has 0 radical (unpaired) electrons. The van der Waals surface area contributed by atoms with E-state index in [1.165, 1.54) is 6.07 Å². The van der Waals surface area contributed by atoms with E-state index in [4.69, 9.17) is 34.8 Å². The van der Waals surface area contributed by atoms with E-state index in [9.17, 15) is 4.39 Å². The van der Waals surface area contributed by atoms with Crippen LogP contribution in [0.4, 0.5) is 10.1 Å². The lowest BCUT2D eigenvalue weighted by molar-refractivity contribution is 0.627. The normalized spacial score (nSPS) is 12.3. The molecule has 0 saturated carbocycles. The van der Waals surface area contributed by atoms with E-state index >= 15 is 0 Å². The van der Waals surface area contributed by atoms with Crippen LogP contribution in [-0.4, -0.2) is 0 Å². The summed E-state index contributed by atoms with van der Waals surface area (Å²) in [7, 11) is 0. The second-order valence-electron chi connectivity index (χ2n) is 4.26. The Bertz CT molecular complexity index is 649. The van der Waals surface area contributed by atoms with E-state index < -0.39 is 5.82 Å². The molecule has 0 amide bonds. The fourth-order valence-electron chi connectivity index (χ4n) is 1.74. The Labute approximate surface area is 140 Å². The highest BCUT2D eigenvalue weighted by Crippen LogP contribution is 2.37. The van der Waals surface area contributed by atoms with Crippen LogP contribution in [0.5, 0.6) is 0 Å². The lowest BCUT2D eigenvalue weighted by Crippen LogP contribution is -2.07. The van der Waals surface area contributed by atoms with Crippen LogP contribution < -0.4 is 5.32 Å². The van der Waals surface area contributed by atoms with Crippen LogP contribution in [0.3, 0.4) is 0 Å². The van der Waals surface area contributed by atoms with Crippen molar-refractivity contribution in [3.05, 3.63) is 61.3 Å². The first-order valence-corrected chi connectivity index (χ1v) is 7.68. The third-order valence-electron chi connectivity index (χ3n) is 2.85. The Morgan fingerprint density at radius 3 is 2.45 bits per heavy atom. The summed E-state index contributed by atoms with van der Waals surface area (Å²) in [5, 5.41) is 4.19. The van der Waals surface area contributed by atoms with Gasteiger partial charge in [0.1, 0.15) is 5.82 Å². The smallest absolute Gasteiger partial charge is 0.141 e. The minimum absolute atomic E-state index is 0.0936. The lowest BCUT2D eigenvalue weighted by atomic mass is 10.1. The van der Waals surface area contributed by atoms with Gasteiger partial charge in [0.05, 0.1) is 20.8 Å². The van der Waals surface area contributed by atoms with Crippen LogP contribution in [0.1, 0.15) is 18.5 Å². The summed E-state index contributed by atoms with van der Waals surface area (Å²) in [6.45, 7) is 1.93. The molecule has 0 aromatic heterocycles. The first-order valence-electron chi connectivity index (χ1n) is 5.75. The summed E-state index contributed by atoms with van der Waals surface area (Å²) in [6, 6.07) is 8.13. The molecule has 0 bridgehead atoms. The molecule has 0 aliphatic heterocycles. The van der Waals surface area contributed by atoms with Gasteiger partial charge in [-0.15, -0.1) is 0 Å². The summed E-state index contributed by atoms with van der Waals surface area (Å²) >= 11 is 21.3. The first-order chi connectivity index (χ1) is 9.40. The molecule has 2 aromatic carbocycles. The van der Waals surface area contributed by atoms with Crippen molar-refractivity contribution < 1.29 is 4.39 Å². The minimum atomic E-state index is -0.438. The summed E-state index contributed by atoms with van der Waals surface area (Å²) in [5.74, 6) is -0.438. The van der Waals surface area contributed by atoms with Gasteiger partial charge in [-0.2, -0.15) is 0 Å². The molecule has 1 nitrogen and oxygen atoms in total. The van der Waals surface area contributed by atoms with Crippen molar-refractivity contribution in [3.8, 4) is 0 Å². The Morgan fingerprint density at radius 2 is 1.80 bits per heavy atom. The number of nitrogens with one attached hydrogen (secondary N) is 1. The first kappa shape index (κ1) is 15.9. The number of rotatable bonds is 3. The third-order valence-corrected chi connectivity index (χ3v) is 4.91. The highest BCUT2D eigenvalue weighted by Gasteiger charge is 2.13. The lowest BCUT2D eigenvalue weighted by Gasteiger charge is -2.18. The predicted octanol–water partition coefficient (Wildman–Crippen LogP) is 6.72. The molecular formula is C14H10BrCl3FN. The number of anilines is 1. The van der Waals surface area contributed by atoms with Crippen molar-refractivity contribution in [2.75, 3.05) is 5.32 Å². The molecule has 0 aliphatic rings. The van der Waals surface area contributed by atoms with Crippen molar-refractivity contribution in [2.24, 2.45) is 0 Å². The minimum Gasteiger partial charge on any atom is -0.377 e. The Kier molecular flexibility index (Phi) is 5.19. The fraction of sp³-hybridized carbons (Fsp3) is 0.143. The maximum Gasteiger partial charge on any atom is 0.141 e. The Hall–Kier alpha value is -0.480. The van der Waals surface area contributed by atoms with Gasteiger partial charge in [0.25, 0.3) is 0 Å². The number of hydrogen-bond acceptors (Lipinski definition) is 1. The van der Waals surface area contributed by atoms with Crippen molar-refractivity contribution >= 4 is 56.4 Å². The van der Waals surface area contributed by atoms with Crippen molar-refractivity contribution in [1.29, 1.82) is 0 Å². The van der Waals surface area contributed by atoms with Crippen molar-refractivity contribution in [2.45, 2.75) is 13.0 Å². The molecule has 106 valence electrons. The monoisotopic (exact) mass is 395 g/mol. The summed E-state index contributed by atoms with van der Waals surface area (Å²) in [4.78, 5) is 0. The van der Waals surface area contributed by atoms with Crippen molar-refractivity contribution in [3.63, 3.8) is 0 Å². The van der Waals surface area contributed by atoms with E-state index in [0.29, 0.717) is 15.7 Å². The second kappa shape index (κ2) is 6.52. The molecule has 1 atom stereocenters. The van der Waals surface area contributed by atoms with Gasteiger partial charge in [0, 0.05) is 10.5 Å². The topological polar surface area (TPSA) is 12.0 Å². The van der Waals surface area contributed by atoms with Crippen LogP contribution in [-0.2, 0) is 0 Å². The summed E-state index contributed by atoms with van der Waals surface area (Å²) in [5.41, 5.74) is 1.55. The number of hydrogen-bond donors (Lipinski definition) is 1. The van der Waals surface area contributed by atoms with Gasteiger partial charge >= 0.3 is 0 Å². The van der Waals surface area contributed by atoms with E-state index in [1.807, 2.05) is 13.0 Å². The zero-order valence-electron chi connectivity index (χ0n) is 10.4. The second-order valence-corrected chi connectivity index (χ2v) is 6.28. The van der Waals surface area contributed by atoms with Crippen LogP contribution in [0.25, 0.3) is 0 Å². The van der Waals surface area contributed by atoms with Gasteiger partial charge in [-0.25, -0.2) is 4.39 Å². The molecule has 6 heteroatoms. The average Bonchev–Trinajstić information content (AvgIpc) is 2.42. The predicted molar refractivity (Wildman–Crippen MR) is 87.6 cm³/mol. The van der Waals surface area contributed by atoms with Gasteiger partial charge in [-0.1, -0.05) is 40.9 Å². The molecule has 0 fully saturated rings. The van der Waals surface area contributed by atoms with Crippen LogP contribution in [0.15, 0.2) is 34.8 Å². The van der Waals surface area contributed by atoms with Gasteiger partial charge < -0.3 is 5.32 Å². The van der Waals surface area contributed by atoms with E-state index in [2.05, 4.69) is 21.2 Å². The molecular weight excluding hydrogens is 387 g/mol. The van der Waals surface area contributed by atoms with Crippen molar-refractivity contribution in [1.82, 2.24) is 0 Å². The quantitative estimate of drug-likeness (QED) is 0.567. The van der Waals surface area contributed by atoms with Crippen LogP contribution >= 0.6 is 50.7 Å². The summed E-state index contributed by atoms with van der Waals surface area (Å²) in [6.07, 6.45) is 0. The number of halogens is 5. The van der Waals surface area contributed by atoms with Gasteiger partial charge in [-0.3, -0.25) is 0 Å². The molecule has 0 spiro atoms. The maximum atomic E-state index is 13.2. The molecule has 0 aliphatic carbocycles. The highest BCUT2D eigenvalue weighted by molar-refractivity contribution is 9.10. The molecule has 2 rings (SSSR count). The Morgan fingerprint density at radius 1 is 1.10 bits per heavy atom. The number of benzene rings is 2. The Balaban J connectivity index is 2.25. The molecule has 1 N–H and O–H groups in total. The molecule has 20 heavy (non-hydrogen) atoms. The van der Waals surface area contributed by atoms with Crippen LogP contribution in [0.2, 0.25) is 15.1 Å². The maximum absolute atomic E-state index is 13.2. The molecule has 2 aromatic rings. The van der Waals surface area contributed by atoms with E-state index in [1.54, 1.807) is 18.2 Å². The SMILES string of the molecule is CC(Nc1ccc(Br)c(Cl)c1Cl)c1ccc(F)c(Cl)c1. The zero-order valence-corrected chi connectivity index (χ0v) is 14.2. The van der Waals surface area contributed by atoms with E-state index in [0.717, 1.165) is 10.0 Å². The van der Waals surface area contributed by atoms with Gasteiger partial charge in [0.15, 0.2) is 0 Å². The van der Waals surface area contributed by atoms with E-state index in [-0.39, 0.29) is 11.1 Å². The molecule has 1 unspecified atom stereocenters. The summed E-state index contributed by atoms with van der Waals surface area (Å²) < 4.78 is 13.9. The fourth-order valence-corrected chi connectivity index (χ4v) is 2.75.